The lowest BCUT2D eigenvalue weighted by Gasteiger charge is -2.34. The molecule has 6 nitrogen and oxygen atoms in total. The quantitative estimate of drug-likeness (QED) is 0.655. The predicted octanol–water partition coefficient (Wildman–Crippen LogP) is 1.77. The predicted molar refractivity (Wildman–Crippen MR) is 99.4 cm³/mol. The number of nitrogens with zero attached hydrogens (tertiary/aromatic N) is 2. The van der Waals surface area contributed by atoms with Gasteiger partial charge in [0.2, 0.25) is 0 Å². The van der Waals surface area contributed by atoms with Crippen molar-refractivity contribution in [2.45, 2.75) is 6.54 Å². The van der Waals surface area contributed by atoms with Gasteiger partial charge >= 0.3 is 5.97 Å². The fraction of sp³-hybridized carbons (Fsp3) is 0.300. The Hall–Kier alpha value is -2.86. The molecule has 0 radical (unpaired) electrons. The number of nitrogen functional groups attached to an aromatic ring is 1. The van der Waals surface area contributed by atoms with Gasteiger partial charge in [0.25, 0.3) is 5.91 Å². The van der Waals surface area contributed by atoms with E-state index in [-0.39, 0.29) is 12.5 Å². The summed E-state index contributed by atoms with van der Waals surface area (Å²) >= 11 is 0. The molecule has 0 saturated carbocycles. The summed E-state index contributed by atoms with van der Waals surface area (Å²) < 4.78 is 5.12. The van der Waals surface area contributed by atoms with Gasteiger partial charge in [-0.2, -0.15) is 0 Å². The molecule has 136 valence electrons. The minimum absolute atomic E-state index is 0.165. The molecular weight excluding hydrogens is 330 g/mol. The topological polar surface area (TPSA) is 75.9 Å². The summed E-state index contributed by atoms with van der Waals surface area (Å²) in [5, 5.41) is 0. The number of carbonyl (C=O) groups excluding carboxylic acids is 2. The van der Waals surface area contributed by atoms with E-state index in [0.717, 1.165) is 19.6 Å². The molecule has 0 spiro atoms. The number of rotatable bonds is 5. The highest BCUT2D eigenvalue weighted by molar-refractivity contribution is 5.92. The first-order chi connectivity index (χ1) is 12.6. The van der Waals surface area contributed by atoms with Crippen molar-refractivity contribution in [2.75, 3.05) is 38.5 Å². The molecule has 2 aromatic rings. The Morgan fingerprint density at radius 3 is 2.38 bits per heavy atom. The van der Waals surface area contributed by atoms with E-state index >= 15 is 0 Å². The standard InChI is InChI=1S/C20H23N3O3/c21-18-8-4-7-17(13-18)20(25)26-15-19(24)23-11-9-22(10-12-23)14-16-5-2-1-3-6-16/h1-8,13H,9-12,14-15,21H2. The Balaban J connectivity index is 1.43. The van der Waals surface area contributed by atoms with Gasteiger partial charge in [-0.1, -0.05) is 36.4 Å². The number of carbonyl (C=O) groups is 2. The van der Waals surface area contributed by atoms with E-state index < -0.39 is 5.97 Å². The van der Waals surface area contributed by atoms with Crippen LogP contribution in [0.3, 0.4) is 0 Å². The van der Waals surface area contributed by atoms with Crippen LogP contribution in [0.25, 0.3) is 0 Å². The van der Waals surface area contributed by atoms with Crippen LogP contribution in [0, 0.1) is 0 Å². The van der Waals surface area contributed by atoms with E-state index in [1.807, 2.05) is 18.2 Å². The molecule has 2 N–H and O–H groups in total. The first-order valence-electron chi connectivity index (χ1n) is 8.68. The second-order valence-corrected chi connectivity index (χ2v) is 6.34. The molecule has 2 aromatic carbocycles. The zero-order valence-electron chi connectivity index (χ0n) is 14.6. The minimum atomic E-state index is -0.534. The summed E-state index contributed by atoms with van der Waals surface area (Å²) in [7, 11) is 0. The van der Waals surface area contributed by atoms with Crippen molar-refractivity contribution in [3.63, 3.8) is 0 Å². The first-order valence-corrected chi connectivity index (χ1v) is 8.68. The fourth-order valence-electron chi connectivity index (χ4n) is 2.96. The third-order valence-electron chi connectivity index (χ3n) is 4.42. The molecule has 1 saturated heterocycles. The zero-order chi connectivity index (χ0) is 18.4. The number of anilines is 1. The highest BCUT2D eigenvalue weighted by Crippen LogP contribution is 2.10. The number of amides is 1. The molecular formula is C20H23N3O3. The molecule has 3 rings (SSSR count). The van der Waals surface area contributed by atoms with Gasteiger partial charge in [-0.15, -0.1) is 0 Å². The van der Waals surface area contributed by atoms with Crippen LogP contribution in [0.4, 0.5) is 5.69 Å². The summed E-state index contributed by atoms with van der Waals surface area (Å²) in [6.07, 6.45) is 0. The van der Waals surface area contributed by atoms with Gasteiger partial charge in [0.15, 0.2) is 6.61 Å². The average Bonchev–Trinajstić information content (AvgIpc) is 2.67. The molecule has 0 aliphatic carbocycles. The molecule has 0 bridgehead atoms. The molecule has 26 heavy (non-hydrogen) atoms. The molecule has 6 heteroatoms. The summed E-state index contributed by atoms with van der Waals surface area (Å²) in [6, 6.07) is 16.8. The smallest absolute Gasteiger partial charge is 0.338 e. The van der Waals surface area contributed by atoms with Gasteiger partial charge in [-0.3, -0.25) is 9.69 Å². The van der Waals surface area contributed by atoms with Gasteiger partial charge < -0.3 is 15.4 Å². The normalized spacial score (nSPS) is 14.8. The molecule has 1 fully saturated rings. The van der Waals surface area contributed by atoms with E-state index in [9.17, 15) is 9.59 Å². The van der Waals surface area contributed by atoms with Crippen molar-refractivity contribution in [2.24, 2.45) is 0 Å². The zero-order valence-corrected chi connectivity index (χ0v) is 14.6. The number of esters is 1. The number of piperazine rings is 1. The maximum atomic E-state index is 12.3. The first kappa shape index (κ1) is 17.9. The number of nitrogens with two attached hydrogens (primary N) is 1. The molecule has 1 aliphatic heterocycles. The van der Waals surface area contributed by atoms with Gasteiger partial charge in [0.05, 0.1) is 5.56 Å². The van der Waals surface area contributed by atoms with Crippen LogP contribution >= 0.6 is 0 Å². The van der Waals surface area contributed by atoms with Gasteiger partial charge in [0.1, 0.15) is 0 Å². The lowest BCUT2D eigenvalue weighted by molar-refractivity contribution is -0.136. The number of hydrogen-bond donors (Lipinski definition) is 1. The Morgan fingerprint density at radius 1 is 0.962 bits per heavy atom. The molecule has 1 heterocycles. The molecule has 0 atom stereocenters. The van der Waals surface area contributed by atoms with Crippen LogP contribution in [0.1, 0.15) is 15.9 Å². The monoisotopic (exact) mass is 353 g/mol. The summed E-state index contributed by atoms with van der Waals surface area (Å²) in [6.45, 7) is 3.54. The van der Waals surface area contributed by atoms with Crippen LogP contribution in [0.2, 0.25) is 0 Å². The van der Waals surface area contributed by atoms with Crippen molar-refractivity contribution >= 4 is 17.6 Å². The Labute approximate surface area is 153 Å². The molecule has 1 amide bonds. The van der Waals surface area contributed by atoms with Crippen molar-refractivity contribution in [1.29, 1.82) is 0 Å². The van der Waals surface area contributed by atoms with E-state index in [4.69, 9.17) is 10.5 Å². The fourth-order valence-corrected chi connectivity index (χ4v) is 2.96. The van der Waals surface area contributed by atoms with Gasteiger partial charge in [-0.05, 0) is 23.8 Å². The lowest BCUT2D eigenvalue weighted by Crippen LogP contribution is -2.49. The molecule has 0 unspecified atom stereocenters. The molecule has 0 aromatic heterocycles. The van der Waals surface area contributed by atoms with Crippen LogP contribution in [0.15, 0.2) is 54.6 Å². The van der Waals surface area contributed by atoms with Crippen LogP contribution in [-0.2, 0) is 16.1 Å². The van der Waals surface area contributed by atoms with E-state index in [1.165, 1.54) is 11.6 Å². The largest absolute Gasteiger partial charge is 0.452 e. The molecule has 1 aliphatic rings. The third kappa shape index (κ3) is 4.83. The van der Waals surface area contributed by atoms with Crippen molar-refractivity contribution in [3.8, 4) is 0 Å². The van der Waals surface area contributed by atoms with Gasteiger partial charge in [-0.25, -0.2) is 4.79 Å². The van der Waals surface area contributed by atoms with Gasteiger partial charge in [0, 0.05) is 38.4 Å². The average molecular weight is 353 g/mol. The maximum Gasteiger partial charge on any atom is 0.338 e. The number of benzene rings is 2. The number of hydrogen-bond acceptors (Lipinski definition) is 5. The van der Waals surface area contributed by atoms with Crippen molar-refractivity contribution in [1.82, 2.24) is 9.80 Å². The SMILES string of the molecule is Nc1cccc(C(=O)OCC(=O)N2CCN(Cc3ccccc3)CC2)c1. The highest BCUT2D eigenvalue weighted by atomic mass is 16.5. The van der Waals surface area contributed by atoms with Crippen LogP contribution < -0.4 is 5.73 Å². The van der Waals surface area contributed by atoms with E-state index in [0.29, 0.717) is 24.3 Å². The Kier molecular flexibility index (Phi) is 5.86. The second kappa shape index (κ2) is 8.49. The van der Waals surface area contributed by atoms with Crippen LogP contribution in [-0.4, -0.2) is 54.5 Å². The maximum absolute atomic E-state index is 12.3. The summed E-state index contributed by atoms with van der Waals surface area (Å²) in [4.78, 5) is 28.3. The minimum Gasteiger partial charge on any atom is -0.452 e. The van der Waals surface area contributed by atoms with E-state index in [2.05, 4.69) is 17.0 Å². The second-order valence-electron chi connectivity index (χ2n) is 6.34. The van der Waals surface area contributed by atoms with Crippen LogP contribution in [0.5, 0.6) is 0 Å². The van der Waals surface area contributed by atoms with Crippen molar-refractivity contribution in [3.05, 3.63) is 65.7 Å². The number of ether oxygens (including phenoxy) is 1. The third-order valence-corrected chi connectivity index (χ3v) is 4.42. The van der Waals surface area contributed by atoms with Crippen molar-refractivity contribution < 1.29 is 14.3 Å². The Bertz CT molecular complexity index is 756. The Morgan fingerprint density at radius 2 is 1.69 bits per heavy atom. The lowest BCUT2D eigenvalue weighted by atomic mass is 10.2. The van der Waals surface area contributed by atoms with E-state index in [1.54, 1.807) is 23.1 Å². The highest BCUT2D eigenvalue weighted by Gasteiger charge is 2.22. The summed E-state index contributed by atoms with van der Waals surface area (Å²) in [5.74, 6) is -0.699. The summed E-state index contributed by atoms with van der Waals surface area (Å²) in [5.41, 5.74) is 7.76.